The van der Waals surface area contributed by atoms with Crippen LogP contribution in [0.1, 0.15) is 64.7 Å². The number of quaternary nitrogens is 1. The Balaban J connectivity index is 3.46. The lowest BCUT2D eigenvalue weighted by Gasteiger charge is -2.32. The van der Waals surface area contributed by atoms with Crippen LogP contribution in [-0.4, -0.2) is 43.7 Å². The van der Waals surface area contributed by atoms with E-state index in [4.69, 9.17) is 4.74 Å². The zero-order valence-electron chi connectivity index (χ0n) is 15.5. The third-order valence-corrected chi connectivity index (χ3v) is 4.27. The Hall–Kier alpha value is -1.09. The molecule has 3 nitrogen and oxygen atoms in total. The number of likely N-dealkylation sites (N-methyl/N-ethyl adjacent to an activating group) is 1. The maximum Gasteiger partial charge on any atom is 0.305 e. The highest BCUT2D eigenvalue weighted by Crippen LogP contribution is 2.12. The minimum atomic E-state index is -0.0484. The van der Waals surface area contributed by atoms with E-state index in [0.717, 1.165) is 30.4 Å². The molecule has 0 aliphatic heterocycles. The lowest BCUT2D eigenvalue weighted by molar-refractivity contribution is -0.898. The van der Waals surface area contributed by atoms with Crippen molar-refractivity contribution in [3.63, 3.8) is 0 Å². The van der Waals surface area contributed by atoms with Crippen molar-refractivity contribution in [3.05, 3.63) is 25.3 Å². The summed E-state index contributed by atoms with van der Waals surface area (Å²) < 4.78 is 5.95. The summed E-state index contributed by atoms with van der Waals surface area (Å²) in [5, 5.41) is 0. The van der Waals surface area contributed by atoms with Gasteiger partial charge < -0.3 is 9.22 Å². The minimum absolute atomic E-state index is 0.0484. The Kier molecular flexibility index (Phi) is 13.8. The second-order valence-electron chi connectivity index (χ2n) is 6.67. The molecule has 0 aromatic carbocycles. The Bertz CT molecular complexity index is 316. The number of rotatable bonds is 16. The van der Waals surface area contributed by atoms with E-state index in [1.807, 2.05) is 19.1 Å². The molecule has 0 atom stereocenters. The van der Waals surface area contributed by atoms with Gasteiger partial charge in [-0.3, -0.25) is 4.79 Å². The van der Waals surface area contributed by atoms with Crippen LogP contribution in [0.4, 0.5) is 0 Å². The molecule has 0 aliphatic carbocycles. The molecule has 0 bridgehead atoms. The highest BCUT2D eigenvalue weighted by molar-refractivity contribution is 5.69. The average molecular weight is 325 g/mol. The van der Waals surface area contributed by atoms with Gasteiger partial charge in [-0.05, 0) is 38.3 Å². The Morgan fingerprint density at radius 2 is 1.39 bits per heavy atom. The fourth-order valence-electron chi connectivity index (χ4n) is 2.94. The van der Waals surface area contributed by atoms with Gasteiger partial charge in [-0.15, -0.1) is 0 Å². The summed E-state index contributed by atoms with van der Waals surface area (Å²) in [5.41, 5.74) is 0. The summed E-state index contributed by atoms with van der Waals surface area (Å²) in [6.07, 6.45) is 14.5. The molecule has 0 aromatic heterocycles. The van der Waals surface area contributed by atoms with Crippen molar-refractivity contribution >= 4 is 5.97 Å². The van der Waals surface area contributed by atoms with Gasteiger partial charge >= 0.3 is 5.97 Å². The molecule has 0 fully saturated rings. The van der Waals surface area contributed by atoms with Gasteiger partial charge in [0.1, 0.15) is 0 Å². The van der Waals surface area contributed by atoms with E-state index in [2.05, 4.69) is 20.2 Å². The summed E-state index contributed by atoms with van der Waals surface area (Å²) in [6, 6.07) is 0. The first kappa shape index (κ1) is 21.9. The van der Waals surface area contributed by atoms with Crippen molar-refractivity contribution in [1.29, 1.82) is 0 Å². The molecule has 0 heterocycles. The number of unbranched alkanes of at least 4 members (excludes halogenated alkanes) is 7. The number of carbonyl (C=O) groups is 1. The molecular formula is C20H38NO2+. The van der Waals surface area contributed by atoms with Crippen molar-refractivity contribution in [1.82, 2.24) is 0 Å². The maximum absolute atomic E-state index is 11.2. The van der Waals surface area contributed by atoms with E-state index in [9.17, 15) is 4.79 Å². The quantitative estimate of drug-likeness (QED) is 0.175. The number of hydrogen-bond donors (Lipinski definition) is 0. The van der Waals surface area contributed by atoms with Crippen molar-refractivity contribution < 1.29 is 14.0 Å². The van der Waals surface area contributed by atoms with Gasteiger partial charge in [0, 0.05) is 6.42 Å². The van der Waals surface area contributed by atoms with E-state index >= 15 is 0 Å². The fourth-order valence-corrected chi connectivity index (χ4v) is 2.94. The maximum atomic E-state index is 11.2. The summed E-state index contributed by atoms with van der Waals surface area (Å²) >= 11 is 0. The first-order valence-electron chi connectivity index (χ1n) is 9.29. The number of esters is 1. The molecule has 0 amide bonds. The predicted molar refractivity (Wildman–Crippen MR) is 99.4 cm³/mol. The van der Waals surface area contributed by atoms with Crippen molar-refractivity contribution in [3.8, 4) is 0 Å². The van der Waals surface area contributed by atoms with Crippen LogP contribution in [0.25, 0.3) is 0 Å². The first-order chi connectivity index (χ1) is 11.1. The molecule has 0 radical (unpaired) electrons. The Labute approximate surface area is 144 Å². The lowest BCUT2D eigenvalue weighted by Crippen LogP contribution is -2.44. The van der Waals surface area contributed by atoms with Crippen LogP contribution in [0.2, 0.25) is 0 Å². The minimum Gasteiger partial charge on any atom is -0.466 e. The summed E-state index contributed by atoms with van der Waals surface area (Å²) in [7, 11) is 2.28. The number of hydrogen-bond acceptors (Lipinski definition) is 2. The average Bonchev–Trinajstić information content (AvgIpc) is 2.50. The van der Waals surface area contributed by atoms with E-state index in [-0.39, 0.29) is 5.97 Å². The molecule has 0 N–H and O–H groups in total. The molecule has 0 aliphatic rings. The van der Waals surface area contributed by atoms with Crippen LogP contribution >= 0.6 is 0 Å². The van der Waals surface area contributed by atoms with Gasteiger partial charge in [-0.2, -0.15) is 0 Å². The molecule has 0 saturated carbocycles. The van der Waals surface area contributed by atoms with Crippen molar-refractivity contribution in [2.75, 3.05) is 33.3 Å². The summed E-state index contributed by atoms with van der Waals surface area (Å²) in [4.78, 5) is 11.2. The van der Waals surface area contributed by atoms with Crippen LogP contribution in [0, 0.1) is 0 Å². The van der Waals surface area contributed by atoms with Crippen LogP contribution in [0.3, 0.4) is 0 Å². The summed E-state index contributed by atoms with van der Waals surface area (Å²) in [6.45, 7) is 13.3. The monoisotopic (exact) mass is 324 g/mol. The van der Waals surface area contributed by atoms with Crippen LogP contribution in [0.15, 0.2) is 25.3 Å². The molecule has 134 valence electrons. The normalized spacial score (nSPS) is 11.2. The van der Waals surface area contributed by atoms with E-state index in [1.165, 1.54) is 45.1 Å². The predicted octanol–water partition coefficient (Wildman–Crippen LogP) is 4.88. The van der Waals surface area contributed by atoms with Crippen LogP contribution < -0.4 is 0 Å². The van der Waals surface area contributed by atoms with Crippen molar-refractivity contribution in [2.24, 2.45) is 0 Å². The first-order valence-corrected chi connectivity index (χ1v) is 9.29. The van der Waals surface area contributed by atoms with E-state index in [1.54, 1.807) is 0 Å². The zero-order chi connectivity index (χ0) is 17.4. The lowest BCUT2D eigenvalue weighted by atomic mass is 10.1. The molecule has 0 spiro atoms. The smallest absolute Gasteiger partial charge is 0.305 e. The fraction of sp³-hybridized carbons (Fsp3) is 0.750. The summed E-state index contributed by atoms with van der Waals surface area (Å²) in [5.74, 6) is -0.0484. The topological polar surface area (TPSA) is 26.3 Å². The largest absolute Gasteiger partial charge is 0.466 e. The number of nitrogens with zero attached hydrogens (tertiary/aromatic N) is 1. The molecule has 3 heteroatoms. The highest BCUT2D eigenvalue weighted by atomic mass is 16.5. The van der Waals surface area contributed by atoms with Crippen LogP contribution in [0.5, 0.6) is 0 Å². The highest BCUT2D eigenvalue weighted by Gasteiger charge is 2.16. The van der Waals surface area contributed by atoms with E-state index < -0.39 is 0 Å². The van der Waals surface area contributed by atoms with E-state index in [0.29, 0.717) is 13.0 Å². The van der Waals surface area contributed by atoms with Gasteiger partial charge in [0.15, 0.2) is 0 Å². The van der Waals surface area contributed by atoms with Gasteiger partial charge in [0.2, 0.25) is 0 Å². The SMILES string of the molecule is C=CC[N+](C)(CC=C)CCCCCCCCCCC(=O)OCC. The Morgan fingerprint density at radius 1 is 0.913 bits per heavy atom. The van der Waals surface area contributed by atoms with Gasteiger partial charge in [-0.25, -0.2) is 0 Å². The number of carbonyl (C=O) groups excluding carboxylic acids is 1. The van der Waals surface area contributed by atoms with Crippen LogP contribution in [-0.2, 0) is 9.53 Å². The molecule has 0 saturated heterocycles. The molecule has 0 unspecified atom stereocenters. The Morgan fingerprint density at radius 3 is 1.87 bits per heavy atom. The van der Waals surface area contributed by atoms with Gasteiger partial charge in [0.05, 0.1) is 33.3 Å². The zero-order valence-corrected chi connectivity index (χ0v) is 15.5. The molecule has 0 aromatic rings. The molecule has 0 rings (SSSR count). The molecule has 23 heavy (non-hydrogen) atoms. The van der Waals surface area contributed by atoms with Gasteiger partial charge in [0.25, 0.3) is 0 Å². The third kappa shape index (κ3) is 13.1. The molecular weight excluding hydrogens is 286 g/mol. The van der Waals surface area contributed by atoms with Gasteiger partial charge in [-0.1, -0.05) is 45.3 Å². The third-order valence-electron chi connectivity index (χ3n) is 4.27. The standard InChI is InChI=1S/C20H38NO2/c1-5-17-21(4,18-6-2)19-15-13-11-9-8-10-12-14-16-20(22)23-7-3/h5-6H,1-2,7-19H2,3-4H3/q+1. The van der Waals surface area contributed by atoms with Crippen molar-refractivity contribution in [2.45, 2.75) is 64.7 Å². The number of ether oxygens (including phenoxy) is 1. The second kappa shape index (κ2) is 14.5. The second-order valence-corrected chi connectivity index (χ2v) is 6.67.